The number of hydrogen-bond donors (Lipinski definition) is 1. The Labute approximate surface area is 102 Å². The predicted octanol–water partition coefficient (Wildman–Crippen LogP) is 2.32. The molecule has 0 aliphatic carbocycles. The third-order valence-corrected chi connectivity index (χ3v) is 3.06. The molecule has 1 saturated heterocycles. The summed E-state index contributed by atoms with van der Waals surface area (Å²) in [5.74, 6) is 0.355. The van der Waals surface area contributed by atoms with E-state index in [0.717, 1.165) is 25.9 Å². The number of nitrogens with one attached hydrogen (secondary N) is 1. The molecule has 1 N–H and O–H groups in total. The van der Waals surface area contributed by atoms with E-state index in [-0.39, 0.29) is 5.82 Å². The molecule has 1 aromatic rings. The van der Waals surface area contributed by atoms with Crippen molar-refractivity contribution in [3.63, 3.8) is 0 Å². The summed E-state index contributed by atoms with van der Waals surface area (Å²) in [6, 6.07) is 2.11. The summed E-state index contributed by atoms with van der Waals surface area (Å²) in [5.41, 5.74) is 0.704. The van der Waals surface area contributed by atoms with Crippen molar-refractivity contribution in [1.29, 1.82) is 0 Å². The zero-order valence-corrected chi connectivity index (χ0v) is 10.5. The van der Waals surface area contributed by atoms with Gasteiger partial charge in [-0.2, -0.15) is 0 Å². The number of hydrogen-bond acceptors (Lipinski definition) is 3. The Kier molecular flexibility index (Phi) is 3.94. The van der Waals surface area contributed by atoms with E-state index in [0.29, 0.717) is 24.0 Å². The number of pyridine rings is 1. The van der Waals surface area contributed by atoms with Gasteiger partial charge in [-0.25, -0.2) is 9.37 Å². The number of halogens is 1. The number of anilines is 1. The standard InChI is InChI=1S/C13H20FN3/c1-10(2)16-9-11-5-6-15-13(12(11)14)17-7-3-4-8-17/h5-6,10,16H,3-4,7-9H2,1-2H3. The molecule has 0 amide bonds. The van der Waals surface area contributed by atoms with Gasteiger partial charge in [-0.15, -0.1) is 0 Å². The first kappa shape index (κ1) is 12.3. The quantitative estimate of drug-likeness (QED) is 0.871. The fourth-order valence-electron chi connectivity index (χ4n) is 2.07. The monoisotopic (exact) mass is 237 g/mol. The van der Waals surface area contributed by atoms with Crippen molar-refractivity contribution in [3.8, 4) is 0 Å². The summed E-state index contributed by atoms with van der Waals surface area (Å²) >= 11 is 0. The summed E-state index contributed by atoms with van der Waals surface area (Å²) < 4.78 is 14.2. The Morgan fingerprint density at radius 1 is 1.41 bits per heavy atom. The maximum atomic E-state index is 14.2. The van der Waals surface area contributed by atoms with Crippen LogP contribution in [0.5, 0.6) is 0 Å². The van der Waals surface area contributed by atoms with Gasteiger partial charge in [-0.05, 0) is 18.9 Å². The van der Waals surface area contributed by atoms with Gasteiger partial charge in [0.1, 0.15) is 0 Å². The van der Waals surface area contributed by atoms with E-state index >= 15 is 0 Å². The Morgan fingerprint density at radius 2 is 2.12 bits per heavy atom. The van der Waals surface area contributed by atoms with Gasteiger partial charge in [0, 0.05) is 37.4 Å². The van der Waals surface area contributed by atoms with Crippen LogP contribution in [0, 0.1) is 5.82 Å². The molecule has 1 aromatic heterocycles. The fourth-order valence-corrected chi connectivity index (χ4v) is 2.07. The van der Waals surface area contributed by atoms with Crippen molar-refractivity contribution in [2.24, 2.45) is 0 Å². The Hall–Kier alpha value is -1.16. The molecule has 94 valence electrons. The fraction of sp³-hybridized carbons (Fsp3) is 0.615. The van der Waals surface area contributed by atoms with Gasteiger partial charge in [0.25, 0.3) is 0 Å². The SMILES string of the molecule is CC(C)NCc1ccnc(N2CCCC2)c1F. The molecule has 0 atom stereocenters. The molecule has 1 fully saturated rings. The van der Waals surface area contributed by atoms with E-state index in [4.69, 9.17) is 0 Å². The van der Waals surface area contributed by atoms with Gasteiger partial charge in [-0.3, -0.25) is 0 Å². The first-order valence-corrected chi connectivity index (χ1v) is 6.30. The highest BCUT2D eigenvalue weighted by molar-refractivity contribution is 5.43. The van der Waals surface area contributed by atoms with E-state index in [1.807, 2.05) is 4.90 Å². The Morgan fingerprint density at radius 3 is 2.76 bits per heavy atom. The zero-order chi connectivity index (χ0) is 12.3. The van der Waals surface area contributed by atoms with Crippen molar-refractivity contribution in [2.75, 3.05) is 18.0 Å². The van der Waals surface area contributed by atoms with Crippen LogP contribution in [0.1, 0.15) is 32.3 Å². The lowest BCUT2D eigenvalue weighted by Crippen LogP contribution is -2.24. The van der Waals surface area contributed by atoms with E-state index in [1.54, 1.807) is 12.3 Å². The van der Waals surface area contributed by atoms with Crippen LogP contribution in [-0.4, -0.2) is 24.1 Å². The van der Waals surface area contributed by atoms with E-state index < -0.39 is 0 Å². The van der Waals surface area contributed by atoms with Crippen LogP contribution < -0.4 is 10.2 Å². The molecule has 4 heteroatoms. The second kappa shape index (κ2) is 5.45. The highest BCUT2D eigenvalue weighted by atomic mass is 19.1. The third-order valence-electron chi connectivity index (χ3n) is 3.06. The molecular formula is C13H20FN3. The molecule has 3 nitrogen and oxygen atoms in total. The van der Waals surface area contributed by atoms with Crippen LogP contribution in [0.4, 0.5) is 10.2 Å². The van der Waals surface area contributed by atoms with Crippen LogP contribution in [0.3, 0.4) is 0 Å². The van der Waals surface area contributed by atoms with E-state index in [1.165, 1.54) is 0 Å². The van der Waals surface area contributed by atoms with Crippen LogP contribution in [-0.2, 0) is 6.54 Å². The van der Waals surface area contributed by atoms with Crippen LogP contribution in [0.15, 0.2) is 12.3 Å². The molecule has 0 saturated carbocycles. The number of rotatable bonds is 4. The van der Waals surface area contributed by atoms with Gasteiger partial charge in [-0.1, -0.05) is 13.8 Å². The second-order valence-corrected chi connectivity index (χ2v) is 4.84. The minimum atomic E-state index is -0.164. The largest absolute Gasteiger partial charge is 0.354 e. The zero-order valence-electron chi connectivity index (χ0n) is 10.5. The third kappa shape index (κ3) is 2.94. The average Bonchev–Trinajstić information content (AvgIpc) is 2.81. The summed E-state index contributed by atoms with van der Waals surface area (Å²) in [6.07, 6.45) is 3.97. The molecule has 1 aliphatic rings. The van der Waals surface area contributed by atoms with Crippen molar-refractivity contribution in [3.05, 3.63) is 23.6 Å². The van der Waals surface area contributed by atoms with Gasteiger partial charge in [0.05, 0.1) is 0 Å². The average molecular weight is 237 g/mol. The van der Waals surface area contributed by atoms with Gasteiger partial charge in [0.2, 0.25) is 0 Å². The van der Waals surface area contributed by atoms with Crippen molar-refractivity contribution in [1.82, 2.24) is 10.3 Å². The first-order chi connectivity index (χ1) is 8.18. The van der Waals surface area contributed by atoms with Crippen LogP contribution >= 0.6 is 0 Å². The molecule has 0 bridgehead atoms. The van der Waals surface area contributed by atoms with Gasteiger partial charge < -0.3 is 10.2 Å². The molecular weight excluding hydrogens is 217 g/mol. The molecule has 0 aromatic carbocycles. The molecule has 0 spiro atoms. The highest BCUT2D eigenvalue weighted by Crippen LogP contribution is 2.23. The molecule has 17 heavy (non-hydrogen) atoms. The van der Waals surface area contributed by atoms with Gasteiger partial charge in [0.15, 0.2) is 11.6 Å². The lowest BCUT2D eigenvalue weighted by Gasteiger charge is -2.18. The van der Waals surface area contributed by atoms with Crippen molar-refractivity contribution >= 4 is 5.82 Å². The topological polar surface area (TPSA) is 28.2 Å². The summed E-state index contributed by atoms with van der Waals surface area (Å²) in [4.78, 5) is 6.21. The smallest absolute Gasteiger partial charge is 0.170 e. The lowest BCUT2D eigenvalue weighted by atomic mass is 10.2. The molecule has 0 unspecified atom stereocenters. The minimum Gasteiger partial charge on any atom is -0.354 e. The van der Waals surface area contributed by atoms with Crippen LogP contribution in [0.2, 0.25) is 0 Å². The molecule has 0 radical (unpaired) electrons. The Bertz CT molecular complexity index is 373. The summed E-state index contributed by atoms with van der Waals surface area (Å²) in [6.45, 7) is 6.52. The maximum Gasteiger partial charge on any atom is 0.170 e. The van der Waals surface area contributed by atoms with Gasteiger partial charge >= 0.3 is 0 Å². The maximum absolute atomic E-state index is 14.2. The number of nitrogens with zero attached hydrogens (tertiary/aromatic N) is 2. The van der Waals surface area contributed by atoms with Crippen LogP contribution in [0.25, 0.3) is 0 Å². The van der Waals surface area contributed by atoms with Crippen molar-refractivity contribution in [2.45, 2.75) is 39.3 Å². The van der Waals surface area contributed by atoms with E-state index in [2.05, 4.69) is 24.1 Å². The summed E-state index contributed by atoms with van der Waals surface area (Å²) in [7, 11) is 0. The lowest BCUT2D eigenvalue weighted by molar-refractivity contribution is 0.549. The number of aromatic nitrogens is 1. The highest BCUT2D eigenvalue weighted by Gasteiger charge is 2.19. The molecule has 2 heterocycles. The second-order valence-electron chi connectivity index (χ2n) is 4.84. The molecule has 2 rings (SSSR count). The van der Waals surface area contributed by atoms with E-state index in [9.17, 15) is 4.39 Å². The normalized spacial score (nSPS) is 15.9. The minimum absolute atomic E-state index is 0.164. The molecule has 1 aliphatic heterocycles. The first-order valence-electron chi connectivity index (χ1n) is 6.30. The predicted molar refractivity (Wildman–Crippen MR) is 67.6 cm³/mol. The van der Waals surface area contributed by atoms with Crippen molar-refractivity contribution < 1.29 is 4.39 Å². The Balaban J connectivity index is 2.14. The summed E-state index contributed by atoms with van der Waals surface area (Å²) in [5, 5.41) is 3.23.